The van der Waals surface area contributed by atoms with E-state index in [1.54, 1.807) is 18.2 Å². The molecule has 1 aromatic heterocycles. The summed E-state index contributed by atoms with van der Waals surface area (Å²) in [6, 6.07) is 9.06. The van der Waals surface area contributed by atoms with Crippen LogP contribution in [0.2, 0.25) is 10.0 Å². The zero-order valence-corrected chi connectivity index (χ0v) is 12.9. The maximum atomic E-state index is 6.10. The second-order valence-electron chi connectivity index (χ2n) is 4.37. The van der Waals surface area contributed by atoms with Crippen molar-refractivity contribution in [2.24, 2.45) is 0 Å². The van der Waals surface area contributed by atoms with E-state index in [0.29, 0.717) is 21.7 Å². The van der Waals surface area contributed by atoms with Gasteiger partial charge >= 0.3 is 0 Å². The van der Waals surface area contributed by atoms with Crippen LogP contribution in [0.5, 0.6) is 11.6 Å². The van der Waals surface area contributed by atoms with Crippen molar-refractivity contribution in [3.05, 3.63) is 51.6 Å². The Kier molecular flexibility index (Phi) is 5.24. The number of aromatic nitrogens is 1. The van der Waals surface area contributed by atoms with E-state index in [-0.39, 0.29) is 0 Å². The molecule has 0 unspecified atom stereocenters. The van der Waals surface area contributed by atoms with Crippen molar-refractivity contribution >= 4 is 23.2 Å². The van der Waals surface area contributed by atoms with Crippen LogP contribution in [0.25, 0.3) is 0 Å². The fourth-order valence-electron chi connectivity index (χ4n) is 1.83. The SMILES string of the molecule is CCc1cc(CNC)cc(Oc2cc(Cl)ccc2Cl)n1. The number of hydrogen-bond donors (Lipinski definition) is 1. The molecule has 5 heteroatoms. The van der Waals surface area contributed by atoms with Crippen LogP contribution in [0.1, 0.15) is 18.2 Å². The van der Waals surface area contributed by atoms with Gasteiger partial charge in [-0.2, -0.15) is 0 Å². The minimum atomic E-state index is 0.508. The van der Waals surface area contributed by atoms with Crippen LogP contribution in [0.15, 0.2) is 30.3 Å². The molecular weight excluding hydrogens is 295 g/mol. The Hall–Kier alpha value is -1.29. The van der Waals surface area contributed by atoms with Crippen molar-refractivity contribution in [3.63, 3.8) is 0 Å². The summed E-state index contributed by atoms with van der Waals surface area (Å²) in [5.41, 5.74) is 2.10. The molecule has 0 aliphatic heterocycles. The predicted molar refractivity (Wildman–Crippen MR) is 82.9 cm³/mol. The van der Waals surface area contributed by atoms with Gasteiger partial charge in [0.25, 0.3) is 0 Å². The number of nitrogens with one attached hydrogen (secondary N) is 1. The molecule has 0 saturated carbocycles. The molecular formula is C15H16Cl2N2O. The first-order valence-electron chi connectivity index (χ1n) is 6.39. The summed E-state index contributed by atoms with van der Waals surface area (Å²) in [5, 5.41) is 4.20. The average Bonchev–Trinajstić information content (AvgIpc) is 2.43. The molecule has 0 aliphatic carbocycles. The van der Waals surface area contributed by atoms with Crippen LogP contribution < -0.4 is 10.1 Å². The smallest absolute Gasteiger partial charge is 0.219 e. The van der Waals surface area contributed by atoms with Gasteiger partial charge in [0.05, 0.1) is 5.02 Å². The number of nitrogens with zero attached hydrogens (tertiary/aromatic N) is 1. The van der Waals surface area contributed by atoms with E-state index in [9.17, 15) is 0 Å². The standard InChI is InChI=1S/C15H16Cl2N2O/c1-3-12-6-10(9-18-2)7-15(19-12)20-14-8-11(16)4-5-13(14)17/h4-8,18H,3,9H2,1-2H3. The number of rotatable bonds is 5. The highest BCUT2D eigenvalue weighted by atomic mass is 35.5. The molecule has 0 bridgehead atoms. The Labute approximate surface area is 128 Å². The summed E-state index contributed by atoms with van der Waals surface area (Å²) in [4.78, 5) is 4.45. The summed E-state index contributed by atoms with van der Waals surface area (Å²) >= 11 is 12.1. The highest BCUT2D eigenvalue weighted by Crippen LogP contribution is 2.31. The maximum absolute atomic E-state index is 6.10. The fourth-order valence-corrected chi connectivity index (χ4v) is 2.15. The van der Waals surface area contributed by atoms with Crippen molar-refractivity contribution < 1.29 is 4.74 Å². The van der Waals surface area contributed by atoms with Gasteiger partial charge in [-0.1, -0.05) is 30.1 Å². The van der Waals surface area contributed by atoms with E-state index in [0.717, 1.165) is 24.2 Å². The fraction of sp³-hybridized carbons (Fsp3) is 0.267. The molecule has 106 valence electrons. The highest BCUT2D eigenvalue weighted by molar-refractivity contribution is 6.34. The molecule has 1 N–H and O–H groups in total. The third-order valence-electron chi connectivity index (χ3n) is 2.77. The molecule has 1 heterocycles. The average molecular weight is 311 g/mol. The van der Waals surface area contributed by atoms with E-state index in [2.05, 4.69) is 23.3 Å². The third-order valence-corrected chi connectivity index (χ3v) is 3.31. The number of pyridine rings is 1. The molecule has 0 saturated heterocycles. The molecule has 2 aromatic rings. The third kappa shape index (κ3) is 3.85. The van der Waals surface area contributed by atoms with Gasteiger partial charge in [0.1, 0.15) is 5.75 Å². The molecule has 0 spiro atoms. The number of aryl methyl sites for hydroxylation is 1. The molecule has 0 atom stereocenters. The predicted octanol–water partition coefficient (Wildman–Crippen LogP) is 4.46. The first-order valence-corrected chi connectivity index (χ1v) is 7.15. The first kappa shape index (κ1) is 15.1. The number of halogens is 2. The van der Waals surface area contributed by atoms with E-state index >= 15 is 0 Å². The molecule has 3 nitrogen and oxygen atoms in total. The zero-order chi connectivity index (χ0) is 14.5. The second kappa shape index (κ2) is 6.93. The van der Waals surface area contributed by atoms with Crippen LogP contribution in [-0.4, -0.2) is 12.0 Å². The highest BCUT2D eigenvalue weighted by Gasteiger charge is 2.07. The molecule has 0 radical (unpaired) electrons. The van der Waals surface area contributed by atoms with E-state index < -0.39 is 0 Å². The molecule has 2 rings (SSSR count). The van der Waals surface area contributed by atoms with Crippen LogP contribution in [0.3, 0.4) is 0 Å². The maximum Gasteiger partial charge on any atom is 0.219 e. The normalized spacial score (nSPS) is 10.6. The van der Waals surface area contributed by atoms with Gasteiger partial charge in [-0.3, -0.25) is 0 Å². The van der Waals surface area contributed by atoms with Gasteiger partial charge in [-0.05, 0) is 37.2 Å². The monoisotopic (exact) mass is 310 g/mol. The topological polar surface area (TPSA) is 34.1 Å². The summed E-state index contributed by atoms with van der Waals surface area (Å²) in [5.74, 6) is 1.04. The van der Waals surface area contributed by atoms with Gasteiger partial charge in [0, 0.05) is 29.4 Å². The Balaban J connectivity index is 2.32. The van der Waals surface area contributed by atoms with Gasteiger partial charge in [-0.15, -0.1) is 0 Å². The molecule has 1 aromatic carbocycles. The van der Waals surface area contributed by atoms with Crippen LogP contribution >= 0.6 is 23.2 Å². The lowest BCUT2D eigenvalue weighted by Gasteiger charge is -2.10. The number of ether oxygens (including phenoxy) is 1. The van der Waals surface area contributed by atoms with Gasteiger partial charge in [-0.25, -0.2) is 4.98 Å². The summed E-state index contributed by atoms with van der Waals surface area (Å²) in [6.45, 7) is 2.82. The molecule has 0 fully saturated rings. The number of benzene rings is 1. The quantitative estimate of drug-likeness (QED) is 0.885. The van der Waals surface area contributed by atoms with Gasteiger partial charge in [0.2, 0.25) is 5.88 Å². The minimum absolute atomic E-state index is 0.508. The molecule has 20 heavy (non-hydrogen) atoms. The Bertz CT molecular complexity index is 602. The largest absolute Gasteiger partial charge is 0.437 e. The lowest BCUT2D eigenvalue weighted by molar-refractivity contribution is 0.460. The minimum Gasteiger partial charge on any atom is -0.437 e. The van der Waals surface area contributed by atoms with Gasteiger partial charge in [0.15, 0.2) is 0 Å². The van der Waals surface area contributed by atoms with E-state index in [1.165, 1.54) is 0 Å². The second-order valence-corrected chi connectivity index (χ2v) is 5.21. The van der Waals surface area contributed by atoms with Crippen molar-refractivity contribution in [2.45, 2.75) is 19.9 Å². The lowest BCUT2D eigenvalue weighted by atomic mass is 10.2. The van der Waals surface area contributed by atoms with Gasteiger partial charge < -0.3 is 10.1 Å². The first-order chi connectivity index (χ1) is 9.62. The van der Waals surface area contributed by atoms with Crippen LogP contribution in [-0.2, 0) is 13.0 Å². The lowest BCUT2D eigenvalue weighted by Crippen LogP contribution is -2.06. The van der Waals surface area contributed by atoms with Crippen LogP contribution in [0.4, 0.5) is 0 Å². The van der Waals surface area contributed by atoms with Crippen molar-refractivity contribution in [1.82, 2.24) is 10.3 Å². The Morgan fingerprint density at radius 2 is 2.00 bits per heavy atom. The zero-order valence-electron chi connectivity index (χ0n) is 11.4. The van der Waals surface area contributed by atoms with E-state index in [1.807, 2.05) is 13.1 Å². The van der Waals surface area contributed by atoms with Crippen LogP contribution in [0, 0.1) is 0 Å². The molecule has 0 aliphatic rings. The van der Waals surface area contributed by atoms with Crippen molar-refractivity contribution in [3.8, 4) is 11.6 Å². The number of hydrogen-bond acceptors (Lipinski definition) is 3. The van der Waals surface area contributed by atoms with Crippen molar-refractivity contribution in [1.29, 1.82) is 0 Å². The Morgan fingerprint density at radius 3 is 2.70 bits per heavy atom. The Morgan fingerprint density at radius 1 is 1.20 bits per heavy atom. The summed E-state index contributed by atoms with van der Waals surface area (Å²) in [7, 11) is 1.90. The summed E-state index contributed by atoms with van der Waals surface area (Å²) in [6.07, 6.45) is 0.844. The summed E-state index contributed by atoms with van der Waals surface area (Å²) < 4.78 is 5.76. The van der Waals surface area contributed by atoms with E-state index in [4.69, 9.17) is 27.9 Å². The van der Waals surface area contributed by atoms with Crippen molar-refractivity contribution in [2.75, 3.05) is 7.05 Å². The molecule has 0 amide bonds.